The molecule has 0 atom stereocenters. The number of rotatable bonds is 10. The SMILES string of the molecule is CCOc1ccc(-c2cnc(NCc3ccc(OC)c(OCc4ccccc4)c3)n2C)cc1. The van der Waals surface area contributed by atoms with E-state index in [4.69, 9.17) is 14.2 Å². The first kappa shape index (κ1) is 22.3. The number of benzene rings is 3. The molecule has 0 unspecified atom stereocenters. The Morgan fingerprint density at radius 2 is 1.67 bits per heavy atom. The molecule has 0 aliphatic carbocycles. The maximum Gasteiger partial charge on any atom is 0.203 e. The minimum absolute atomic E-state index is 0.485. The third-order valence-corrected chi connectivity index (χ3v) is 5.37. The second-order valence-corrected chi connectivity index (χ2v) is 7.60. The molecule has 4 aromatic rings. The highest BCUT2D eigenvalue weighted by Gasteiger charge is 2.10. The van der Waals surface area contributed by atoms with Gasteiger partial charge in [-0.1, -0.05) is 36.4 Å². The van der Waals surface area contributed by atoms with E-state index in [9.17, 15) is 0 Å². The first-order valence-electron chi connectivity index (χ1n) is 11.0. The fourth-order valence-corrected chi connectivity index (χ4v) is 3.59. The van der Waals surface area contributed by atoms with Crippen LogP contribution in [0.3, 0.4) is 0 Å². The summed E-state index contributed by atoms with van der Waals surface area (Å²) in [6, 6.07) is 24.1. The first-order valence-corrected chi connectivity index (χ1v) is 11.0. The van der Waals surface area contributed by atoms with Crippen molar-refractivity contribution in [2.24, 2.45) is 7.05 Å². The van der Waals surface area contributed by atoms with Gasteiger partial charge in [0.05, 0.1) is 25.6 Å². The van der Waals surface area contributed by atoms with E-state index in [1.54, 1.807) is 7.11 Å². The predicted octanol–water partition coefficient (Wildman–Crippen LogP) is 5.69. The molecule has 6 nitrogen and oxygen atoms in total. The lowest BCUT2D eigenvalue weighted by Gasteiger charge is -2.13. The van der Waals surface area contributed by atoms with Gasteiger partial charge < -0.3 is 24.1 Å². The molecule has 4 rings (SSSR count). The monoisotopic (exact) mass is 443 g/mol. The number of nitrogens with zero attached hydrogens (tertiary/aromatic N) is 2. The molecule has 0 amide bonds. The van der Waals surface area contributed by atoms with Crippen LogP contribution in [-0.4, -0.2) is 23.3 Å². The Morgan fingerprint density at radius 1 is 0.879 bits per heavy atom. The van der Waals surface area contributed by atoms with Gasteiger partial charge in [0.2, 0.25) is 5.95 Å². The lowest BCUT2D eigenvalue weighted by molar-refractivity contribution is 0.284. The largest absolute Gasteiger partial charge is 0.494 e. The number of hydrogen-bond acceptors (Lipinski definition) is 5. The highest BCUT2D eigenvalue weighted by atomic mass is 16.5. The van der Waals surface area contributed by atoms with Crippen LogP contribution in [0, 0.1) is 0 Å². The van der Waals surface area contributed by atoms with Crippen molar-refractivity contribution in [1.29, 1.82) is 0 Å². The summed E-state index contributed by atoms with van der Waals surface area (Å²) >= 11 is 0. The molecular formula is C27H29N3O3. The highest BCUT2D eigenvalue weighted by molar-refractivity contribution is 5.62. The quantitative estimate of drug-likeness (QED) is 0.341. The van der Waals surface area contributed by atoms with Gasteiger partial charge in [-0.3, -0.25) is 0 Å². The molecule has 0 spiro atoms. The van der Waals surface area contributed by atoms with Crippen molar-refractivity contribution in [2.75, 3.05) is 19.0 Å². The van der Waals surface area contributed by atoms with Crippen molar-refractivity contribution in [3.8, 4) is 28.5 Å². The number of aromatic nitrogens is 2. The van der Waals surface area contributed by atoms with Gasteiger partial charge >= 0.3 is 0 Å². The Bertz CT molecular complexity index is 1170. The first-order chi connectivity index (χ1) is 16.2. The fraction of sp³-hybridized carbons (Fsp3) is 0.222. The Kier molecular flexibility index (Phi) is 7.15. The summed E-state index contributed by atoms with van der Waals surface area (Å²) in [5.74, 6) is 3.09. The number of hydrogen-bond donors (Lipinski definition) is 1. The Morgan fingerprint density at radius 3 is 2.39 bits per heavy atom. The van der Waals surface area contributed by atoms with E-state index < -0.39 is 0 Å². The van der Waals surface area contributed by atoms with Gasteiger partial charge in [0.15, 0.2) is 11.5 Å². The molecule has 0 radical (unpaired) electrons. The molecule has 0 aliphatic heterocycles. The average Bonchev–Trinajstić information content (AvgIpc) is 3.23. The van der Waals surface area contributed by atoms with Gasteiger partial charge in [-0.2, -0.15) is 0 Å². The zero-order valence-electron chi connectivity index (χ0n) is 19.2. The Labute approximate surface area is 194 Å². The van der Waals surface area contributed by atoms with Gasteiger partial charge in [-0.15, -0.1) is 0 Å². The molecule has 1 heterocycles. The summed E-state index contributed by atoms with van der Waals surface area (Å²) in [5, 5.41) is 3.42. The summed E-state index contributed by atoms with van der Waals surface area (Å²) in [7, 11) is 3.66. The molecular weight excluding hydrogens is 414 g/mol. The van der Waals surface area contributed by atoms with Gasteiger partial charge in [0.25, 0.3) is 0 Å². The van der Waals surface area contributed by atoms with E-state index in [2.05, 4.69) is 10.3 Å². The summed E-state index contributed by atoms with van der Waals surface area (Å²) in [4.78, 5) is 4.56. The van der Waals surface area contributed by atoms with Crippen LogP contribution < -0.4 is 19.5 Å². The normalized spacial score (nSPS) is 10.6. The third-order valence-electron chi connectivity index (χ3n) is 5.37. The molecule has 3 aromatic carbocycles. The summed E-state index contributed by atoms with van der Waals surface area (Å²) < 4.78 is 19.1. The molecule has 1 N–H and O–H groups in total. The van der Waals surface area contributed by atoms with Crippen LogP contribution in [0.15, 0.2) is 79.0 Å². The molecule has 170 valence electrons. The number of anilines is 1. The third kappa shape index (κ3) is 5.47. The standard InChI is InChI=1S/C27H29N3O3/c1-4-32-23-13-11-22(12-14-23)24-18-29-27(30(24)2)28-17-21-10-15-25(31-3)26(16-21)33-19-20-8-6-5-7-9-20/h5-16,18H,4,17,19H2,1-3H3,(H,28,29). The number of methoxy groups -OCH3 is 1. The van der Waals surface area contributed by atoms with E-state index in [-0.39, 0.29) is 0 Å². The Balaban J connectivity index is 1.43. The van der Waals surface area contributed by atoms with Crippen molar-refractivity contribution in [3.63, 3.8) is 0 Å². The molecule has 6 heteroatoms. The van der Waals surface area contributed by atoms with Crippen molar-refractivity contribution < 1.29 is 14.2 Å². The van der Waals surface area contributed by atoms with E-state index in [0.717, 1.165) is 39.8 Å². The van der Waals surface area contributed by atoms with Gasteiger partial charge in [0, 0.05) is 19.2 Å². The smallest absolute Gasteiger partial charge is 0.203 e. The van der Waals surface area contributed by atoms with Crippen molar-refractivity contribution >= 4 is 5.95 Å². The lowest BCUT2D eigenvalue weighted by atomic mass is 10.1. The van der Waals surface area contributed by atoms with Gasteiger partial charge in [-0.05, 0) is 54.4 Å². The minimum atomic E-state index is 0.485. The second kappa shape index (κ2) is 10.6. The van der Waals surface area contributed by atoms with E-state index in [1.165, 1.54) is 0 Å². The molecule has 0 saturated carbocycles. The highest BCUT2D eigenvalue weighted by Crippen LogP contribution is 2.30. The average molecular weight is 444 g/mol. The van der Waals surface area contributed by atoms with Gasteiger partial charge in [0.1, 0.15) is 12.4 Å². The van der Waals surface area contributed by atoms with E-state index in [0.29, 0.717) is 25.5 Å². The minimum Gasteiger partial charge on any atom is -0.494 e. The zero-order valence-corrected chi connectivity index (χ0v) is 19.2. The fourth-order valence-electron chi connectivity index (χ4n) is 3.59. The van der Waals surface area contributed by atoms with E-state index >= 15 is 0 Å². The molecule has 0 aliphatic rings. The van der Waals surface area contributed by atoms with Crippen molar-refractivity contribution in [1.82, 2.24) is 9.55 Å². The van der Waals surface area contributed by atoms with Crippen LogP contribution >= 0.6 is 0 Å². The second-order valence-electron chi connectivity index (χ2n) is 7.60. The summed E-state index contributed by atoms with van der Waals surface area (Å²) in [6.07, 6.45) is 1.88. The predicted molar refractivity (Wildman–Crippen MR) is 131 cm³/mol. The molecule has 1 aromatic heterocycles. The summed E-state index contributed by atoms with van der Waals surface area (Å²) in [5.41, 5.74) is 4.30. The lowest BCUT2D eigenvalue weighted by Crippen LogP contribution is -2.06. The van der Waals surface area contributed by atoms with Crippen LogP contribution in [0.1, 0.15) is 18.1 Å². The van der Waals surface area contributed by atoms with Crippen LogP contribution in [0.5, 0.6) is 17.2 Å². The van der Waals surface area contributed by atoms with Crippen LogP contribution in [-0.2, 0) is 20.2 Å². The van der Waals surface area contributed by atoms with Crippen LogP contribution in [0.2, 0.25) is 0 Å². The molecule has 0 fully saturated rings. The molecule has 0 saturated heterocycles. The maximum absolute atomic E-state index is 6.04. The molecule has 33 heavy (non-hydrogen) atoms. The van der Waals surface area contributed by atoms with Gasteiger partial charge in [-0.25, -0.2) is 4.98 Å². The Hall–Kier alpha value is -3.93. The number of nitrogens with one attached hydrogen (secondary N) is 1. The van der Waals surface area contributed by atoms with Crippen molar-refractivity contribution in [2.45, 2.75) is 20.1 Å². The zero-order chi connectivity index (χ0) is 23.0. The van der Waals surface area contributed by atoms with Crippen LogP contribution in [0.25, 0.3) is 11.3 Å². The maximum atomic E-state index is 6.04. The van der Waals surface area contributed by atoms with Crippen LogP contribution in [0.4, 0.5) is 5.95 Å². The summed E-state index contributed by atoms with van der Waals surface area (Å²) in [6.45, 7) is 3.73. The number of ether oxygens (including phenoxy) is 3. The number of imidazole rings is 1. The topological polar surface area (TPSA) is 57.5 Å². The van der Waals surface area contributed by atoms with Crippen molar-refractivity contribution in [3.05, 3.63) is 90.1 Å². The van der Waals surface area contributed by atoms with E-state index in [1.807, 2.05) is 97.5 Å². The molecule has 0 bridgehead atoms.